The molecule has 0 saturated carbocycles. The molecule has 6 heteroatoms. The van der Waals surface area contributed by atoms with Crippen LogP contribution in [0.5, 0.6) is 0 Å². The number of nitrogens with one attached hydrogen (secondary N) is 1. The number of rotatable bonds is 3. The average Bonchev–Trinajstić information content (AvgIpc) is 3.02. The smallest absolute Gasteiger partial charge is 0.359 e. The summed E-state index contributed by atoms with van der Waals surface area (Å²) in [6.45, 7) is 6.84. The number of benzene rings is 2. The lowest BCUT2D eigenvalue weighted by Gasteiger charge is -2.29. The molecule has 0 spiro atoms. The molecule has 144 valence electrons. The lowest BCUT2D eigenvalue weighted by atomic mass is 10.0. The zero-order valence-corrected chi connectivity index (χ0v) is 15.7. The Kier molecular flexibility index (Phi) is 5.18. The van der Waals surface area contributed by atoms with Crippen molar-refractivity contribution >= 4 is 17.3 Å². The van der Waals surface area contributed by atoms with Gasteiger partial charge in [-0.05, 0) is 62.9 Å². The molecule has 1 aliphatic heterocycles. The molecule has 1 fully saturated rings. The average molecular weight is 376 g/mol. The molecule has 3 rings (SSSR count). The fourth-order valence-corrected chi connectivity index (χ4v) is 3.93. The maximum Gasteiger partial charge on any atom is 0.416 e. The number of anilines is 2. The topological polar surface area (TPSA) is 32.3 Å². The summed E-state index contributed by atoms with van der Waals surface area (Å²) < 4.78 is 38.7. The van der Waals surface area contributed by atoms with Gasteiger partial charge in [-0.3, -0.25) is 4.79 Å². The molecule has 0 aliphatic carbocycles. The fraction of sp³-hybridized carbons (Fsp3) is 0.381. The highest BCUT2D eigenvalue weighted by Gasteiger charge is 2.33. The van der Waals surface area contributed by atoms with E-state index in [4.69, 9.17) is 0 Å². The molecule has 1 aliphatic rings. The third-order valence-electron chi connectivity index (χ3n) is 4.94. The van der Waals surface area contributed by atoms with Crippen molar-refractivity contribution in [2.45, 2.75) is 45.8 Å². The monoisotopic (exact) mass is 376 g/mol. The van der Waals surface area contributed by atoms with E-state index in [1.807, 2.05) is 20.8 Å². The minimum absolute atomic E-state index is 0.166. The Morgan fingerprint density at radius 1 is 1.11 bits per heavy atom. The summed E-state index contributed by atoms with van der Waals surface area (Å²) in [5.74, 6) is -0.272. The van der Waals surface area contributed by atoms with E-state index in [1.54, 1.807) is 0 Å². The van der Waals surface area contributed by atoms with Gasteiger partial charge in [-0.2, -0.15) is 13.2 Å². The van der Waals surface area contributed by atoms with Gasteiger partial charge in [0.15, 0.2) is 0 Å². The van der Waals surface area contributed by atoms with E-state index in [0.717, 1.165) is 47.5 Å². The van der Waals surface area contributed by atoms with Crippen LogP contribution in [0.25, 0.3) is 0 Å². The Morgan fingerprint density at radius 3 is 2.41 bits per heavy atom. The van der Waals surface area contributed by atoms with E-state index in [-0.39, 0.29) is 17.6 Å². The summed E-state index contributed by atoms with van der Waals surface area (Å²) in [6, 6.07) is 8.54. The highest BCUT2D eigenvalue weighted by Crippen LogP contribution is 2.34. The Balaban J connectivity index is 1.83. The van der Waals surface area contributed by atoms with E-state index in [0.29, 0.717) is 6.42 Å². The minimum Gasteiger partial charge on any atom is -0.359 e. The number of alkyl halides is 3. The van der Waals surface area contributed by atoms with Gasteiger partial charge in [-0.1, -0.05) is 23.8 Å². The summed E-state index contributed by atoms with van der Waals surface area (Å²) in [7, 11) is 0. The van der Waals surface area contributed by atoms with Crippen molar-refractivity contribution in [3.63, 3.8) is 0 Å². The number of hydrogen-bond donors (Lipinski definition) is 1. The van der Waals surface area contributed by atoms with Crippen molar-refractivity contribution in [3.8, 4) is 0 Å². The molecule has 0 radical (unpaired) electrons. The number of halogens is 3. The Morgan fingerprint density at radius 2 is 1.78 bits per heavy atom. The Hall–Kier alpha value is -2.50. The largest absolute Gasteiger partial charge is 0.416 e. The van der Waals surface area contributed by atoms with Crippen LogP contribution in [0.1, 0.15) is 35.1 Å². The van der Waals surface area contributed by atoms with Gasteiger partial charge in [0, 0.05) is 17.9 Å². The number of hydrogen-bond acceptors (Lipinski definition) is 2. The summed E-state index contributed by atoms with van der Waals surface area (Å²) in [6.07, 6.45) is -2.89. The Labute approximate surface area is 157 Å². The van der Waals surface area contributed by atoms with Crippen molar-refractivity contribution in [3.05, 3.63) is 58.7 Å². The lowest BCUT2D eigenvalue weighted by molar-refractivity contribution is -0.137. The quantitative estimate of drug-likeness (QED) is 0.795. The van der Waals surface area contributed by atoms with E-state index in [1.165, 1.54) is 12.1 Å². The molecule has 0 bridgehead atoms. The van der Waals surface area contributed by atoms with Gasteiger partial charge in [-0.15, -0.1) is 0 Å². The molecule has 2 aromatic carbocycles. The van der Waals surface area contributed by atoms with Crippen molar-refractivity contribution < 1.29 is 18.0 Å². The zero-order valence-electron chi connectivity index (χ0n) is 15.7. The van der Waals surface area contributed by atoms with Gasteiger partial charge < -0.3 is 10.2 Å². The molecule has 0 aromatic heterocycles. The second kappa shape index (κ2) is 7.25. The molecular formula is C21H23F3N2O. The van der Waals surface area contributed by atoms with Gasteiger partial charge in [0.2, 0.25) is 5.91 Å². The van der Waals surface area contributed by atoms with Gasteiger partial charge in [-0.25, -0.2) is 0 Å². The van der Waals surface area contributed by atoms with Crippen LogP contribution >= 0.6 is 0 Å². The first kappa shape index (κ1) is 19.3. The molecule has 1 N–H and O–H groups in total. The molecule has 1 amide bonds. The summed E-state index contributed by atoms with van der Waals surface area (Å²) in [4.78, 5) is 14.9. The normalized spacial score (nSPS) is 17.3. The lowest BCUT2D eigenvalue weighted by Crippen LogP contribution is -2.40. The first-order chi connectivity index (χ1) is 12.7. The number of aryl methyl sites for hydroxylation is 3. The number of carbonyl (C=O) groups is 1. The van der Waals surface area contributed by atoms with E-state index in [9.17, 15) is 18.0 Å². The highest BCUT2D eigenvalue weighted by molar-refractivity contribution is 5.97. The van der Waals surface area contributed by atoms with Crippen LogP contribution in [0.15, 0.2) is 36.4 Å². The first-order valence-electron chi connectivity index (χ1n) is 8.99. The third kappa shape index (κ3) is 4.10. The SMILES string of the molecule is Cc1cc(C)c(N2CCC[C@@H]2C(=O)Nc2cccc(C(F)(F)F)c2)c(C)c1. The Bertz CT molecular complexity index is 838. The van der Waals surface area contributed by atoms with Crippen LogP contribution in [0.4, 0.5) is 24.5 Å². The van der Waals surface area contributed by atoms with Crippen molar-refractivity contribution in [2.24, 2.45) is 0 Å². The van der Waals surface area contributed by atoms with Gasteiger partial charge in [0.05, 0.1) is 5.56 Å². The zero-order chi connectivity index (χ0) is 19.8. The predicted molar refractivity (Wildman–Crippen MR) is 101 cm³/mol. The van der Waals surface area contributed by atoms with Crippen molar-refractivity contribution in [1.82, 2.24) is 0 Å². The molecular weight excluding hydrogens is 353 g/mol. The molecule has 1 saturated heterocycles. The molecule has 0 unspecified atom stereocenters. The van der Waals surface area contributed by atoms with Crippen LogP contribution in [-0.2, 0) is 11.0 Å². The van der Waals surface area contributed by atoms with Crippen LogP contribution < -0.4 is 10.2 Å². The molecule has 2 aromatic rings. The molecule has 27 heavy (non-hydrogen) atoms. The molecule has 3 nitrogen and oxygen atoms in total. The van der Waals surface area contributed by atoms with Crippen molar-refractivity contribution in [1.29, 1.82) is 0 Å². The van der Waals surface area contributed by atoms with E-state index in [2.05, 4.69) is 22.3 Å². The number of amides is 1. The second-order valence-electron chi connectivity index (χ2n) is 7.17. The maximum atomic E-state index is 12.9. The second-order valence-corrected chi connectivity index (χ2v) is 7.17. The molecule has 1 heterocycles. The summed E-state index contributed by atoms with van der Waals surface area (Å²) in [5.41, 5.74) is 3.81. The standard InChI is InChI=1S/C21H23F3N2O/c1-13-10-14(2)19(15(3)11-13)26-9-5-8-18(26)20(27)25-17-7-4-6-16(12-17)21(22,23)24/h4,6-7,10-12,18H,5,8-9H2,1-3H3,(H,25,27)/t18-/m1/s1. The van der Waals surface area contributed by atoms with Crippen LogP contribution in [0, 0.1) is 20.8 Å². The van der Waals surface area contributed by atoms with Crippen LogP contribution in [0.3, 0.4) is 0 Å². The third-order valence-corrected chi connectivity index (χ3v) is 4.94. The van der Waals surface area contributed by atoms with Crippen molar-refractivity contribution in [2.75, 3.05) is 16.8 Å². The van der Waals surface area contributed by atoms with Gasteiger partial charge >= 0.3 is 6.18 Å². The minimum atomic E-state index is -4.43. The van der Waals surface area contributed by atoms with Crippen LogP contribution in [0.2, 0.25) is 0 Å². The maximum absolute atomic E-state index is 12.9. The summed E-state index contributed by atoms with van der Waals surface area (Å²) in [5, 5.41) is 2.67. The molecule has 1 atom stereocenters. The van der Waals surface area contributed by atoms with Gasteiger partial charge in [0.25, 0.3) is 0 Å². The fourth-order valence-electron chi connectivity index (χ4n) is 3.93. The number of carbonyl (C=O) groups excluding carboxylic acids is 1. The van der Waals surface area contributed by atoms with Gasteiger partial charge in [0.1, 0.15) is 6.04 Å². The predicted octanol–water partition coefficient (Wildman–Crippen LogP) is 5.24. The van der Waals surface area contributed by atoms with Crippen LogP contribution in [-0.4, -0.2) is 18.5 Å². The van der Waals surface area contributed by atoms with E-state index < -0.39 is 11.7 Å². The summed E-state index contributed by atoms with van der Waals surface area (Å²) >= 11 is 0. The highest BCUT2D eigenvalue weighted by atomic mass is 19.4. The first-order valence-corrected chi connectivity index (χ1v) is 8.99. The number of nitrogens with zero attached hydrogens (tertiary/aromatic N) is 1. The van der Waals surface area contributed by atoms with E-state index >= 15 is 0 Å².